The average molecular weight is 272 g/mol. The summed E-state index contributed by atoms with van der Waals surface area (Å²) in [5.41, 5.74) is 0.741. The summed E-state index contributed by atoms with van der Waals surface area (Å²) in [4.78, 5) is 2.14. The molecule has 0 aromatic heterocycles. The van der Waals surface area contributed by atoms with Crippen LogP contribution in [0.2, 0.25) is 0 Å². The Morgan fingerprint density at radius 1 is 1.33 bits per heavy atom. The number of benzene rings is 1. The Balaban J connectivity index is 2.15. The van der Waals surface area contributed by atoms with Crippen molar-refractivity contribution in [1.29, 1.82) is 0 Å². The van der Waals surface area contributed by atoms with Gasteiger partial charge in [-0.3, -0.25) is 0 Å². The Morgan fingerprint density at radius 3 is 2.60 bits per heavy atom. The van der Waals surface area contributed by atoms with Crippen molar-refractivity contribution >= 4 is 21.6 Å². The Bertz CT molecular complexity index is 345. The van der Waals surface area contributed by atoms with E-state index in [4.69, 9.17) is 0 Å². The van der Waals surface area contributed by atoms with Gasteiger partial charge >= 0.3 is 0 Å². The van der Waals surface area contributed by atoms with Crippen LogP contribution in [0, 0.1) is 11.7 Å². The number of nitrogens with zero attached hydrogens (tertiary/aromatic N) is 1. The molecule has 0 amide bonds. The zero-order valence-electron chi connectivity index (χ0n) is 8.84. The topological polar surface area (TPSA) is 3.24 Å². The van der Waals surface area contributed by atoms with Gasteiger partial charge in [0.25, 0.3) is 0 Å². The lowest BCUT2D eigenvalue weighted by Crippen LogP contribution is -2.33. The Hall–Kier alpha value is -0.570. The highest BCUT2D eigenvalue weighted by Gasteiger charge is 2.18. The van der Waals surface area contributed by atoms with Gasteiger partial charge in [-0.25, -0.2) is 4.39 Å². The molecule has 1 saturated heterocycles. The standard InChI is InChI=1S/C12H15BrFN/c1-9-4-6-15(7-5-9)12-3-2-10(13)8-11(12)14/h2-3,8-9H,4-7H2,1H3. The second-order valence-corrected chi connectivity index (χ2v) is 5.18. The molecule has 0 spiro atoms. The maximum absolute atomic E-state index is 13.7. The van der Waals surface area contributed by atoms with Crippen LogP contribution in [-0.2, 0) is 0 Å². The van der Waals surface area contributed by atoms with Gasteiger partial charge in [-0.1, -0.05) is 22.9 Å². The van der Waals surface area contributed by atoms with Gasteiger partial charge in [0.05, 0.1) is 5.69 Å². The second-order valence-electron chi connectivity index (χ2n) is 4.27. The molecule has 3 heteroatoms. The minimum atomic E-state index is -0.126. The molecule has 1 aliphatic rings. The minimum absolute atomic E-state index is 0.126. The first-order chi connectivity index (χ1) is 7.16. The van der Waals surface area contributed by atoms with Gasteiger partial charge in [0.1, 0.15) is 5.82 Å². The fraction of sp³-hybridized carbons (Fsp3) is 0.500. The number of piperidine rings is 1. The van der Waals surface area contributed by atoms with E-state index in [1.807, 2.05) is 12.1 Å². The summed E-state index contributed by atoms with van der Waals surface area (Å²) < 4.78 is 14.5. The largest absolute Gasteiger partial charge is 0.369 e. The molecule has 0 N–H and O–H groups in total. The van der Waals surface area contributed by atoms with Crippen molar-refractivity contribution in [2.45, 2.75) is 19.8 Å². The van der Waals surface area contributed by atoms with Crippen LogP contribution in [0.1, 0.15) is 19.8 Å². The SMILES string of the molecule is CC1CCN(c2ccc(Br)cc2F)CC1. The van der Waals surface area contributed by atoms with Gasteiger partial charge in [-0.2, -0.15) is 0 Å². The molecule has 0 atom stereocenters. The molecule has 2 rings (SSSR count). The molecule has 0 radical (unpaired) electrons. The first kappa shape index (κ1) is 10.9. The first-order valence-corrected chi connectivity index (χ1v) is 6.16. The lowest BCUT2D eigenvalue weighted by Gasteiger charge is -2.32. The van der Waals surface area contributed by atoms with Crippen molar-refractivity contribution in [2.24, 2.45) is 5.92 Å². The lowest BCUT2D eigenvalue weighted by atomic mass is 9.99. The van der Waals surface area contributed by atoms with Crippen molar-refractivity contribution in [3.05, 3.63) is 28.5 Å². The van der Waals surface area contributed by atoms with Gasteiger partial charge in [-0.15, -0.1) is 0 Å². The van der Waals surface area contributed by atoms with Crippen molar-refractivity contribution in [3.63, 3.8) is 0 Å². The van der Waals surface area contributed by atoms with Crippen LogP contribution < -0.4 is 4.90 Å². The molecule has 1 fully saturated rings. The van der Waals surface area contributed by atoms with E-state index in [0.717, 1.165) is 42.0 Å². The number of halogens is 2. The van der Waals surface area contributed by atoms with Gasteiger partial charge in [0, 0.05) is 17.6 Å². The van der Waals surface area contributed by atoms with E-state index in [2.05, 4.69) is 27.8 Å². The third-order valence-electron chi connectivity index (χ3n) is 3.03. The molecule has 0 saturated carbocycles. The fourth-order valence-electron chi connectivity index (χ4n) is 1.99. The van der Waals surface area contributed by atoms with Crippen molar-refractivity contribution in [2.75, 3.05) is 18.0 Å². The van der Waals surface area contributed by atoms with Gasteiger partial charge in [-0.05, 0) is 37.0 Å². The molecule has 1 heterocycles. The molecule has 0 unspecified atom stereocenters. The fourth-order valence-corrected chi connectivity index (χ4v) is 2.32. The first-order valence-electron chi connectivity index (χ1n) is 5.37. The van der Waals surface area contributed by atoms with E-state index >= 15 is 0 Å². The molecular weight excluding hydrogens is 257 g/mol. The van der Waals surface area contributed by atoms with Crippen LogP contribution in [0.5, 0.6) is 0 Å². The molecule has 82 valence electrons. The molecule has 0 aliphatic carbocycles. The van der Waals surface area contributed by atoms with Crippen LogP contribution >= 0.6 is 15.9 Å². The van der Waals surface area contributed by atoms with E-state index in [1.54, 1.807) is 0 Å². The van der Waals surface area contributed by atoms with Crippen LogP contribution in [0.3, 0.4) is 0 Å². The number of anilines is 1. The minimum Gasteiger partial charge on any atom is -0.369 e. The summed E-state index contributed by atoms with van der Waals surface area (Å²) in [7, 11) is 0. The van der Waals surface area contributed by atoms with E-state index in [1.165, 1.54) is 6.07 Å². The molecule has 15 heavy (non-hydrogen) atoms. The van der Waals surface area contributed by atoms with Crippen LogP contribution in [0.4, 0.5) is 10.1 Å². The summed E-state index contributed by atoms with van der Waals surface area (Å²) in [6.07, 6.45) is 2.32. The molecule has 1 aliphatic heterocycles. The van der Waals surface area contributed by atoms with E-state index in [-0.39, 0.29) is 5.82 Å². The van der Waals surface area contributed by atoms with Crippen LogP contribution in [0.15, 0.2) is 22.7 Å². The highest BCUT2D eigenvalue weighted by molar-refractivity contribution is 9.10. The third-order valence-corrected chi connectivity index (χ3v) is 3.53. The monoisotopic (exact) mass is 271 g/mol. The molecule has 1 aromatic carbocycles. The zero-order chi connectivity index (χ0) is 10.8. The predicted octanol–water partition coefficient (Wildman–Crippen LogP) is 3.82. The van der Waals surface area contributed by atoms with Gasteiger partial charge < -0.3 is 4.90 Å². The van der Waals surface area contributed by atoms with E-state index < -0.39 is 0 Å². The maximum Gasteiger partial charge on any atom is 0.147 e. The van der Waals surface area contributed by atoms with E-state index in [0.29, 0.717) is 0 Å². The number of hydrogen-bond acceptors (Lipinski definition) is 1. The quantitative estimate of drug-likeness (QED) is 0.751. The summed E-state index contributed by atoms with van der Waals surface area (Å²) >= 11 is 3.27. The van der Waals surface area contributed by atoms with Gasteiger partial charge in [0.2, 0.25) is 0 Å². The predicted molar refractivity (Wildman–Crippen MR) is 64.7 cm³/mol. The van der Waals surface area contributed by atoms with Crippen LogP contribution in [-0.4, -0.2) is 13.1 Å². The molecule has 0 bridgehead atoms. The highest BCUT2D eigenvalue weighted by atomic mass is 79.9. The number of hydrogen-bond donors (Lipinski definition) is 0. The zero-order valence-corrected chi connectivity index (χ0v) is 10.4. The normalized spacial score (nSPS) is 18.2. The molecule has 1 aromatic rings. The Labute approximate surface area is 98.4 Å². The highest BCUT2D eigenvalue weighted by Crippen LogP contribution is 2.27. The Morgan fingerprint density at radius 2 is 2.00 bits per heavy atom. The van der Waals surface area contributed by atoms with Crippen molar-refractivity contribution < 1.29 is 4.39 Å². The summed E-state index contributed by atoms with van der Waals surface area (Å²) in [6, 6.07) is 5.29. The third kappa shape index (κ3) is 2.51. The number of rotatable bonds is 1. The smallest absolute Gasteiger partial charge is 0.147 e. The second kappa shape index (κ2) is 4.52. The lowest BCUT2D eigenvalue weighted by molar-refractivity contribution is 0.434. The van der Waals surface area contributed by atoms with Crippen LogP contribution in [0.25, 0.3) is 0 Å². The summed E-state index contributed by atoms with van der Waals surface area (Å²) in [5, 5.41) is 0. The van der Waals surface area contributed by atoms with E-state index in [9.17, 15) is 4.39 Å². The average Bonchev–Trinajstić information content (AvgIpc) is 2.20. The summed E-state index contributed by atoms with van der Waals surface area (Å²) in [5.74, 6) is 0.652. The van der Waals surface area contributed by atoms with Gasteiger partial charge in [0.15, 0.2) is 0 Å². The molecule has 1 nitrogen and oxygen atoms in total. The molecular formula is C12H15BrFN. The van der Waals surface area contributed by atoms with Crippen molar-refractivity contribution in [3.8, 4) is 0 Å². The maximum atomic E-state index is 13.7. The summed E-state index contributed by atoms with van der Waals surface area (Å²) in [6.45, 7) is 4.20. The Kier molecular flexibility index (Phi) is 3.29. The van der Waals surface area contributed by atoms with Crippen molar-refractivity contribution in [1.82, 2.24) is 0 Å².